The lowest BCUT2D eigenvalue weighted by atomic mass is 9.55. The van der Waals surface area contributed by atoms with Crippen molar-refractivity contribution in [3.05, 3.63) is 24.3 Å². The number of rotatable bonds is 5. The normalized spacial score (nSPS) is 38.7. The molecule has 1 aliphatic heterocycles. The van der Waals surface area contributed by atoms with Crippen LogP contribution < -0.4 is 4.74 Å². The molecule has 0 aromatic heterocycles. The molecule has 1 aromatic carbocycles. The van der Waals surface area contributed by atoms with Crippen molar-refractivity contribution in [2.45, 2.75) is 55.9 Å². The summed E-state index contributed by atoms with van der Waals surface area (Å²) in [6, 6.07) is 8.87. The van der Waals surface area contributed by atoms with E-state index in [1.54, 1.807) is 4.90 Å². The van der Waals surface area contributed by atoms with Gasteiger partial charge in [0.1, 0.15) is 5.75 Å². The second-order valence-electron chi connectivity index (χ2n) is 8.51. The monoisotopic (exact) mass is 346 g/mol. The van der Waals surface area contributed by atoms with Crippen molar-refractivity contribution >= 4 is 10.9 Å². The predicted molar refractivity (Wildman–Crippen MR) is 100 cm³/mol. The van der Waals surface area contributed by atoms with Crippen LogP contribution in [-0.4, -0.2) is 24.4 Å². The van der Waals surface area contributed by atoms with Crippen molar-refractivity contribution in [3.63, 3.8) is 0 Å². The SMILES string of the molecule is c1cc([SH]2CCCC2)ccc1OCOC1C2CC3CC(C2)CC1C3. The average molecular weight is 347 g/mol. The van der Waals surface area contributed by atoms with Gasteiger partial charge in [-0.05, 0) is 109 Å². The molecule has 5 aliphatic rings. The maximum Gasteiger partial charge on any atom is 0.189 e. The second kappa shape index (κ2) is 6.57. The molecule has 1 aromatic rings. The van der Waals surface area contributed by atoms with Crippen molar-refractivity contribution < 1.29 is 9.47 Å². The first kappa shape index (κ1) is 15.6. The molecule has 0 N–H and O–H groups in total. The largest absolute Gasteiger partial charge is 0.468 e. The number of hydrogen-bond donors (Lipinski definition) is 1. The van der Waals surface area contributed by atoms with Crippen LogP contribution in [0.3, 0.4) is 0 Å². The molecule has 6 rings (SSSR count). The highest BCUT2D eigenvalue weighted by atomic mass is 32.2. The van der Waals surface area contributed by atoms with E-state index in [-0.39, 0.29) is 10.9 Å². The van der Waals surface area contributed by atoms with Crippen LogP contribution >= 0.6 is 10.9 Å². The van der Waals surface area contributed by atoms with Crippen LogP contribution in [0.15, 0.2) is 29.2 Å². The number of ether oxygens (including phenoxy) is 2. The fourth-order valence-electron chi connectivity index (χ4n) is 6.06. The molecular formula is C21H30O2S. The lowest BCUT2D eigenvalue weighted by molar-refractivity contribution is -0.155. The van der Waals surface area contributed by atoms with E-state index in [1.165, 1.54) is 56.5 Å². The van der Waals surface area contributed by atoms with Crippen LogP contribution in [0.4, 0.5) is 0 Å². The Kier molecular flexibility index (Phi) is 4.26. The zero-order valence-electron chi connectivity index (χ0n) is 14.5. The lowest BCUT2D eigenvalue weighted by Crippen LogP contribution is -2.49. The molecule has 4 aliphatic carbocycles. The van der Waals surface area contributed by atoms with Crippen molar-refractivity contribution in [2.75, 3.05) is 18.3 Å². The first-order valence-electron chi connectivity index (χ1n) is 9.94. The Morgan fingerprint density at radius 1 is 0.833 bits per heavy atom. The maximum atomic E-state index is 6.23. The van der Waals surface area contributed by atoms with Gasteiger partial charge in [0, 0.05) is 0 Å². The fraction of sp³-hybridized carbons (Fsp3) is 0.714. The molecule has 0 unspecified atom stereocenters. The zero-order valence-corrected chi connectivity index (χ0v) is 15.4. The van der Waals surface area contributed by atoms with Crippen LogP contribution in [-0.2, 0) is 4.74 Å². The van der Waals surface area contributed by atoms with Gasteiger partial charge in [0.15, 0.2) is 6.79 Å². The van der Waals surface area contributed by atoms with Gasteiger partial charge in [-0.2, -0.15) is 0 Å². The van der Waals surface area contributed by atoms with E-state index in [1.807, 2.05) is 0 Å². The van der Waals surface area contributed by atoms with E-state index >= 15 is 0 Å². The Labute approximate surface area is 148 Å². The molecule has 132 valence electrons. The van der Waals surface area contributed by atoms with E-state index in [9.17, 15) is 0 Å². The highest BCUT2D eigenvalue weighted by Gasteiger charge is 2.48. The summed E-state index contributed by atoms with van der Waals surface area (Å²) in [5.41, 5.74) is 0. The number of thiol groups is 1. The Balaban J connectivity index is 1.14. The predicted octanol–water partition coefficient (Wildman–Crippen LogP) is 5.02. The van der Waals surface area contributed by atoms with Crippen LogP contribution in [0.5, 0.6) is 5.75 Å². The van der Waals surface area contributed by atoms with Gasteiger partial charge in [0.25, 0.3) is 0 Å². The summed E-state index contributed by atoms with van der Waals surface area (Å²) < 4.78 is 12.1. The van der Waals surface area contributed by atoms with E-state index in [0.717, 1.165) is 29.4 Å². The maximum absolute atomic E-state index is 6.23. The number of benzene rings is 1. The fourth-order valence-corrected chi connectivity index (χ4v) is 8.58. The Morgan fingerprint density at radius 2 is 1.46 bits per heavy atom. The van der Waals surface area contributed by atoms with Crippen LogP contribution in [0.1, 0.15) is 44.9 Å². The van der Waals surface area contributed by atoms with E-state index in [4.69, 9.17) is 9.47 Å². The van der Waals surface area contributed by atoms with Gasteiger partial charge in [0.05, 0.1) is 6.10 Å². The highest BCUT2D eigenvalue weighted by molar-refractivity contribution is 8.17. The molecule has 0 spiro atoms. The average Bonchev–Trinajstić information content (AvgIpc) is 3.12. The lowest BCUT2D eigenvalue weighted by Gasteiger charge is -2.53. The van der Waals surface area contributed by atoms with Gasteiger partial charge in [-0.15, -0.1) is 0 Å². The third-order valence-electron chi connectivity index (χ3n) is 6.93. The van der Waals surface area contributed by atoms with Gasteiger partial charge in [-0.3, -0.25) is 0 Å². The molecule has 2 nitrogen and oxygen atoms in total. The smallest absolute Gasteiger partial charge is 0.189 e. The second-order valence-corrected chi connectivity index (χ2v) is 11.0. The summed E-state index contributed by atoms with van der Waals surface area (Å²) in [5, 5.41) is 0. The molecule has 4 saturated carbocycles. The van der Waals surface area contributed by atoms with Crippen LogP contribution in [0.2, 0.25) is 0 Å². The molecule has 24 heavy (non-hydrogen) atoms. The molecule has 5 fully saturated rings. The molecular weight excluding hydrogens is 316 g/mol. The van der Waals surface area contributed by atoms with Crippen LogP contribution in [0, 0.1) is 23.7 Å². The van der Waals surface area contributed by atoms with Crippen molar-refractivity contribution in [1.29, 1.82) is 0 Å². The molecule has 0 atom stereocenters. The minimum absolute atomic E-state index is 0.131. The van der Waals surface area contributed by atoms with Crippen LogP contribution in [0.25, 0.3) is 0 Å². The van der Waals surface area contributed by atoms with Gasteiger partial charge >= 0.3 is 0 Å². The minimum atomic E-state index is 0.131. The molecule has 4 bridgehead atoms. The van der Waals surface area contributed by atoms with E-state index in [0.29, 0.717) is 12.9 Å². The third kappa shape index (κ3) is 2.99. The standard InChI is InChI=1S/C21H30O2S/c1-2-8-24(7-1)20-5-3-19(4-6-20)22-14-23-21-17-10-15-9-16(12-17)13-18(21)11-15/h3-6,15-18,21,24H,1-2,7-14H2. The summed E-state index contributed by atoms with van der Waals surface area (Å²) in [6.45, 7) is 0.432. The quantitative estimate of drug-likeness (QED) is 0.596. The van der Waals surface area contributed by atoms with Gasteiger partial charge in [0.2, 0.25) is 0 Å². The Morgan fingerprint density at radius 3 is 2.08 bits per heavy atom. The molecule has 1 heterocycles. The Hall–Kier alpha value is -0.670. The summed E-state index contributed by atoms with van der Waals surface area (Å²) in [4.78, 5) is 1.55. The van der Waals surface area contributed by atoms with Gasteiger partial charge in [-0.25, -0.2) is 10.9 Å². The number of hydrogen-bond acceptors (Lipinski definition) is 2. The van der Waals surface area contributed by atoms with Gasteiger partial charge in [-0.1, -0.05) is 0 Å². The zero-order chi connectivity index (χ0) is 15.9. The molecule has 0 radical (unpaired) electrons. The van der Waals surface area contributed by atoms with E-state index < -0.39 is 0 Å². The molecule has 1 saturated heterocycles. The minimum Gasteiger partial charge on any atom is -0.468 e. The third-order valence-corrected chi connectivity index (χ3v) is 9.67. The summed E-state index contributed by atoms with van der Waals surface area (Å²) in [7, 11) is 0.131. The van der Waals surface area contributed by atoms with Crippen molar-refractivity contribution in [1.82, 2.24) is 0 Å². The highest BCUT2D eigenvalue weighted by Crippen LogP contribution is 2.54. The molecule has 0 amide bonds. The Bertz CT molecular complexity index is 536. The first-order valence-corrected chi connectivity index (χ1v) is 11.7. The van der Waals surface area contributed by atoms with Crippen molar-refractivity contribution in [2.24, 2.45) is 23.7 Å². The summed E-state index contributed by atoms with van der Waals surface area (Å²) in [5.74, 6) is 7.47. The first-order chi connectivity index (χ1) is 11.8. The molecule has 3 heteroatoms. The topological polar surface area (TPSA) is 18.5 Å². The summed E-state index contributed by atoms with van der Waals surface area (Å²) >= 11 is 0. The summed E-state index contributed by atoms with van der Waals surface area (Å²) in [6.07, 6.45) is 10.5. The van der Waals surface area contributed by atoms with Gasteiger partial charge < -0.3 is 9.47 Å². The van der Waals surface area contributed by atoms with E-state index in [2.05, 4.69) is 24.3 Å². The van der Waals surface area contributed by atoms with Crippen molar-refractivity contribution in [3.8, 4) is 5.75 Å².